The number of carbonyl (C=O) groups is 1. The maximum absolute atomic E-state index is 12.4. The first kappa shape index (κ1) is 18.2. The van der Waals surface area contributed by atoms with E-state index in [1.807, 2.05) is 30.2 Å². The molecule has 1 aromatic carbocycles. The fraction of sp³-hybridized carbons (Fsp3) is 0.429. The molecule has 1 atom stereocenters. The molecule has 138 valence electrons. The molecular formula is C21H28N4O. The lowest BCUT2D eigenvalue weighted by molar-refractivity contribution is -0.121. The first-order valence-electron chi connectivity index (χ1n) is 9.27. The molecule has 2 heterocycles. The van der Waals surface area contributed by atoms with E-state index in [2.05, 4.69) is 54.4 Å². The number of amides is 1. The van der Waals surface area contributed by atoms with Gasteiger partial charge in [-0.3, -0.25) is 9.48 Å². The Kier molecular flexibility index (Phi) is 5.45. The quantitative estimate of drug-likeness (QED) is 0.681. The summed E-state index contributed by atoms with van der Waals surface area (Å²) in [7, 11) is 1.95. The van der Waals surface area contributed by atoms with Gasteiger partial charge >= 0.3 is 0 Å². The van der Waals surface area contributed by atoms with Crippen molar-refractivity contribution in [3.8, 4) is 0 Å². The SMILES string of the molecule is Cc1ccc2[nH]cc(CCC(=O)NC[C@H](c3ccnn3C)C(C)C)c2c1. The number of aryl methyl sites for hydroxylation is 3. The van der Waals surface area contributed by atoms with Crippen LogP contribution in [0, 0.1) is 12.8 Å². The molecule has 0 radical (unpaired) electrons. The Balaban J connectivity index is 1.58. The van der Waals surface area contributed by atoms with Gasteiger partial charge in [0.05, 0.1) is 0 Å². The molecule has 0 bridgehead atoms. The zero-order valence-corrected chi connectivity index (χ0v) is 16.0. The highest BCUT2D eigenvalue weighted by atomic mass is 16.1. The number of hydrogen-bond donors (Lipinski definition) is 2. The Bertz CT molecular complexity index is 890. The molecule has 0 aliphatic heterocycles. The van der Waals surface area contributed by atoms with E-state index >= 15 is 0 Å². The Labute approximate surface area is 154 Å². The van der Waals surface area contributed by atoms with Crippen LogP contribution in [-0.4, -0.2) is 27.2 Å². The number of aromatic amines is 1. The van der Waals surface area contributed by atoms with Gasteiger partial charge < -0.3 is 10.3 Å². The van der Waals surface area contributed by atoms with Gasteiger partial charge in [0.15, 0.2) is 0 Å². The monoisotopic (exact) mass is 352 g/mol. The largest absolute Gasteiger partial charge is 0.361 e. The van der Waals surface area contributed by atoms with Crippen molar-refractivity contribution in [2.24, 2.45) is 13.0 Å². The van der Waals surface area contributed by atoms with Gasteiger partial charge in [-0.15, -0.1) is 0 Å². The van der Waals surface area contributed by atoms with E-state index in [9.17, 15) is 4.79 Å². The van der Waals surface area contributed by atoms with Crippen LogP contribution in [0.15, 0.2) is 36.7 Å². The van der Waals surface area contributed by atoms with Crippen LogP contribution in [0.3, 0.4) is 0 Å². The molecule has 5 nitrogen and oxygen atoms in total. The van der Waals surface area contributed by atoms with Crippen molar-refractivity contribution in [3.63, 3.8) is 0 Å². The van der Waals surface area contributed by atoms with E-state index in [1.54, 1.807) is 0 Å². The molecule has 0 unspecified atom stereocenters. The fourth-order valence-electron chi connectivity index (χ4n) is 3.49. The highest BCUT2D eigenvalue weighted by Gasteiger charge is 2.19. The Morgan fingerprint density at radius 3 is 2.81 bits per heavy atom. The molecule has 2 aromatic heterocycles. The van der Waals surface area contributed by atoms with Crippen LogP contribution in [0.4, 0.5) is 0 Å². The zero-order valence-electron chi connectivity index (χ0n) is 16.0. The van der Waals surface area contributed by atoms with E-state index in [0.717, 1.165) is 17.6 Å². The minimum Gasteiger partial charge on any atom is -0.361 e. The van der Waals surface area contributed by atoms with Crippen LogP contribution in [0.2, 0.25) is 0 Å². The van der Waals surface area contributed by atoms with Gasteiger partial charge in [-0.25, -0.2) is 0 Å². The van der Waals surface area contributed by atoms with Crippen LogP contribution in [0.5, 0.6) is 0 Å². The van der Waals surface area contributed by atoms with Crippen molar-refractivity contribution in [1.29, 1.82) is 0 Å². The molecule has 3 rings (SSSR count). The summed E-state index contributed by atoms with van der Waals surface area (Å²) in [4.78, 5) is 15.7. The molecule has 2 N–H and O–H groups in total. The Morgan fingerprint density at radius 1 is 1.31 bits per heavy atom. The van der Waals surface area contributed by atoms with Crippen LogP contribution in [0.25, 0.3) is 10.9 Å². The third-order valence-corrected chi connectivity index (χ3v) is 5.11. The van der Waals surface area contributed by atoms with E-state index in [4.69, 9.17) is 0 Å². The van der Waals surface area contributed by atoms with Crippen molar-refractivity contribution in [3.05, 3.63) is 53.5 Å². The Hall–Kier alpha value is -2.56. The summed E-state index contributed by atoms with van der Waals surface area (Å²) < 4.78 is 1.89. The van der Waals surface area contributed by atoms with Gasteiger partial charge in [-0.05, 0) is 43.0 Å². The predicted octanol–water partition coefficient (Wildman–Crippen LogP) is 3.70. The second kappa shape index (κ2) is 7.77. The van der Waals surface area contributed by atoms with E-state index in [-0.39, 0.29) is 11.8 Å². The second-order valence-corrected chi connectivity index (χ2v) is 7.40. The lowest BCUT2D eigenvalue weighted by atomic mass is 9.92. The van der Waals surface area contributed by atoms with Gasteiger partial charge in [-0.2, -0.15) is 5.10 Å². The molecular weight excluding hydrogens is 324 g/mol. The molecule has 26 heavy (non-hydrogen) atoms. The van der Waals surface area contributed by atoms with Crippen molar-refractivity contribution < 1.29 is 4.79 Å². The third kappa shape index (κ3) is 3.98. The van der Waals surface area contributed by atoms with Crippen molar-refractivity contribution >= 4 is 16.8 Å². The molecule has 0 aliphatic carbocycles. The number of aromatic nitrogens is 3. The standard InChI is InChI=1S/C21H28N4O/c1-14(2)18(20-9-10-24-25(20)4)13-23-21(26)8-6-16-12-22-19-7-5-15(3)11-17(16)19/h5,7,9-12,14,18,22H,6,8,13H2,1-4H3,(H,23,26)/t18-/m0/s1. The van der Waals surface area contributed by atoms with E-state index < -0.39 is 0 Å². The summed E-state index contributed by atoms with van der Waals surface area (Å²) in [5, 5.41) is 8.58. The van der Waals surface area contributed by atoms with Crippen LogP contribution < -0.4 is 5.32 Å². The minimum absolute atomic E-state index is 0.0971. The van der Waals surface area contributed by atoms with Crippen LogP contribution >= 0.6 is 0 Å². The molecule has 0 saturated carbocycles. The molecule has 0 fully saturated rings. The average molecular weight is 352 g/mol. The van der Waals surface area contributed by atoms with Gasteiger partial charge in [0.2, 0.25) is 5.91 Å². The van der Waals surface area contributed by atoms with E-state index in [1.165, 1.54) is 16.5 Å². The van der Waals surface area contributed by atoms with Crippen molar-refractivity contribution in [1.82, 2.24) is 20.1 Å². The first-order valence-corrected chi connectivity index (χ1v) is 9.27. The van der Waals surface area contributed by atoms with Gasteiger partial charge in [-0.1, -0.05) is 25.5 Å². The maximum Gasteiger partial charge on any atom is 0.220 e. The molecule has 5 heteroatoms. The van der Waals surface area contributed by atoms with E-state index in [0.29, 0.717) is 18.9 Å². The normalized spacial score (nSPS) is 12.7. The topological polar surface area (TPSA) is 62.7 Å². The summed E-state index contributed by atoms with van der Waals surface area (Å²) in [5.41, 5.74) is 4.72. The molecule has 0 saturated heterocycles. The number of rotatable bonds is 7. The smallest absolute Gasteiger partial charge is 0.220 e. The van der Waals surface area contributed by atoms with Crippen LogP contribution in [-0.2, 0) is 18.3 Å². The summed E-state index contributed by atoms with van der Waals surface area (Å²) in [5.74, 6) is 0.796. The van der Waals surface area contributed by atoms with Crippen molar-refractivity contribution in [2.75, 3.05) is 6.54 Å². The highest BCUT2D eigenvalue weighted by Crippen LogP contribution is 2.23. The summed E-state index contributed by atoms with van der Waals surface area (Å²) in [6.07, 6.45) is 5.07. The summed E-state index contributed by atoms with van der Waals surface area (Å²) in [6.45, 7) is 7.09. The molecule has 1 amide bonds. The predicted molar refractivity (Wildman–Crippen MR) is 105 cm³/mol. The number of benzene rings is 1. The average Bonchev–Trinajstić information content (AvgIpc) is 3.19. The number of H-pyrrole nitrogens is 1. The number of nitrogens with one attached hydrogen (secondary N) is 2. The van der Waals surface area contributed by atoms with Crippen LogP contribution in [0.1, 0.15) is 43.0 Å². The summed E-state index contributed by atoms with van der Waals surface area (Å²) in [6, 6.07) is 8.40. The van der Waals surface area contributed by atoms with Crippen molar-refractivity contribution in [2.45, 2.75) is 39.5 Å². The molecule has 0 spiro atoms. The maximum atomic E-state index is 12.4. The lowest BCUT2D eigenvalue weighted by Gasteiger charge is -2.21. The minimum atomic E-state index is 0.0971. The molecule has 3 aromatic rings. The van der Waals surface area contributed by atoms with Gasteiger partial charge in [0.25, 0.3) is 0 Å². The number of hydrogen-bond acceptors (Lipinski definition) is 2. The Morgan fingerprint density at radius 2 is 2.12 bits per heavy atom. The number of fused-ring (bicyclic) bond motifs is 1. The zero-order chi connectivity index (χ0) is 18.7. The fourth-order valence-corrected chi connectivity index (χ4v) is 3.49. The number of nitrogens with zero attached hydrogens (tertiary/aromatic N) is 2. The number of carbonyl (C=O) groups excluding carboxylic acids is 1. The summed E-state index contributed by atoms with van der Waals surface area (Å²) >= 11 is 0. The lowest BCUT2D eigenvalue weighted by Crippen LogP contribution is -2.31. The van der Waals surface area contributed by atoms with Gasteiger partial charge in [0.1, 0.15) is 0 Å². The highest BCUT2D eigenvalue weighted by molar-refractivity contribution is 5.84. The van der Waals surface area contributed by atoms with Gasteiger partial charge in [0, 0.05) is 54.9 Å². The molecule has 0 aliphatic rings. The second-order valence-electron chi connectivity index (χ2n) is 7.40. The third-order valence-electron chi connectivity index (χ3n) is 5.11. The first-order chi connectivity index (χ1) is 12.5.